The number of nitrogens with one attached hydrogen (secondary N) is 2. The highest BCUT2D eigenvalue weighted by molar-refractivity contribution is 9.10. The largest absolute Gasteiger partial charge is 0.392 e. The Labute approximate surface area is 165 Å². The monoisotopic (exact) mass is 435 g/mol. The predicted molar refractivity (Wildman–Crippen MR) is 102 cm³/mol. The minimum absolute atomic E-state index is 0.256. The van der Waals surface area contributed by atoms with Gasteiger partial charge in [-0.25, -0.2) is 0 Å². The molecule has 0 radical (unpaired) electrons. The Hall–Kier alpha value is -1.77. The zero-order valence-corrected chi connectivity index (χ0v) is 16.9. The minimum Gasteiger partial charge on any atom is -0.392 e. The summed E-state index contributed by atoms with van der Waals surface area (Å²) in [6.07, 6.45) is -0.264. The zero-order valence-electron chi connectivity index (χ0n) is 15.3. The average molecular weight is 436 g/mol. The molecule has 3 amide bonds. The zero-order chi connectivity index (χ0) is 19.7. The van der Waals surface area contributed by atoms with E-state index in [1.165, 1.54) is 4.90 Å². The fourth-order valence-corrected chi connectivity index (χ4v) is 5.12. The van der Waals surface area contributed by atoms with Crippen LogP contribution in [0.5, 0.6) is 0 Å². The van der Waals surface area contributed by atoms with Crippen molar-refractivity contribution in [2.24, 2.45) is 11.8 Å². The first kappa shape index (κ1) is 18.6. The molecule has 3 aliphatic heterocycles. The van der Waals surface area contributed by atoms with E-state index in [1.807, 2.05) is 19.9 Å². The van der Waals surface area contributed by atoms with Gasteiger partial charge in [0.2, 0.25) is 17.7 Å². The van der Waals surface area contributed by atoms with Crippen molar-refractivity contribution in [1.29, 1.82) is 0 Å². The van der Waals surface area contributed by atoms with Crippen LogP contribution in [0.3, 0.4) is 0 Å². The Morgan fingerprint density at radius 3 is 2.59 bits per heavy atom. The van der Waals surface area contributed by atoms with E-state index in [0.717, 1.165) is 4.47 Å². The molecule has 1 spiro atoms. The first-order chi connectivity index (χ1) is 12.7. The minimum atomic E-state index is -1.36. The number of aliphatic hydroxyl groups excluding tert-OH is 1. The molecule has 3 heterocycles. The van der Waals surface area contributed by atoms with Crippen LogP contribution in [0.2, 0.25) is 0 Å². The average Bonchev–Trinajstić information content (AvgIpc) is 3.20. The van der Waals surface area contributed by atoms with Gasteiger partial charge in [-0.05, 0) is 38.5 Å². The number of likely N-dealkylation sites (tertiary alicyclic amines) is 1. The van der Waals surface area contributed by atoms with Gasteiger partial charge in [-0.15, -0.1) is 0 Å². The molecule has 1 aromatic carbocycles. The quantitative estimate of drug-likeness (QED) is 0.622. The number of hydrogen-bond donors (Lipinski definition) is 3. The van der Waals surface area contributed by atoms with Gasteiger partial charge in [0.25, 0.3) is 0 Å². The van der Waals surface area contributed by atoms with Crippen molar-refractivity contribution in [2.75, 3.05) is 5.32 Å². The number of benzene rings is 1. The van der Waals surface area contributed by atoms with Crippen LogP contribution in [0, 0.1) is 11.8 Å². The fourth-order valence-electron chi connectivity index (χ4n) is 4.76. The smallest absolute Gasteiger partial charge is 0.250 e. The first-order valence-electron chi connectivity index (χ1n) is 9.18. The number of fused-ring (bicyclic) bond motifs is 4. The number of aliphatic hydroxyl groups is 1. The second-order valence-electron chi connectivity index (χ2n) is 7.67. The predicted octanol–water partition coefficient (Wildman–Crippen LogP) is 1.35. The summed E-state index contributed by atoms with van der Waals surface area (Å²) < 4.78 is 0.770. The third-order valence-electron chi connectivity index (χ3n) is 6.20. The van der Waals surface area contributed by atoms with Crippen LogP contribution in [0.1, 0.15) is 32.8 Å². The van der Waals surface area contributed by atoms with Gasteiger partial charge in [-0.2, -0.15) is 0 Å². The number of nitrogens with zero attached hydrogens (tertiary/aromatic N) is 1. The van der Waals surface area contributed by atoms with E-state index in [1.54, 1.807) is 19.1 Å². The van der Waals surface area contributed by atoms with Gasteiger partial charge in [0.1, 0.15) is 5.54 Å². The summed E-state index contributed by atoms with van der Waals surface area (Å²) in [5.41, 5.74) is -0.115. The lowest BCUT2D eigenvalue weighted by molar-refractivity contribution is -0.145. The van der Waals surface area contributed by atoms with Crippen molar-refractivity contribution in [3.8, 4) is 0 Å². The second kappa shape index (κ2) is 6.12. The lowest BCUT2D eigenvalue weighted by Crippen LogP contribution is -2.55. The van der Waals surface area contributed by atoms with E-state index in [4.69, 9.17) is 0 Å². The highest BCUT2D eigenvalue weighted by Crippen LogP contribution is 2.54. The highest BCUT2D eigenvalue weighted by atomic mass is 79.9. The normalized spacial score (nSPS) is 34.0. The molecule has 144 valence electrons. The number of carbonyl (C=O) groups is 3. The van der Waals surface area contributed by atoms with Gasteiger partial charge in [-0.1, -0.05) is 22.9 Å². The molecule has 1 aromatic rings. The van der Waals surface area contributed by atoms with E-state index in [0.29, 0.717) is 17.7 Å². The molecule has 27 heavy (non-hydrogen) atoms. The molecule has 0 aliphatic carbocycles. The van der Waals surface area contributed by atoms with E-state index in [2.05, 4.69) is 26.6 Å². The van der Waals surface area contributed by atoms with Crippen LogP contribution in [-0.4, -0.2) is 45.9 Å². The molecule has 7 nitrogen and oxygen atoms in total. The van der Waals surface area contributed by atoms with Gasteiger partial charge in [0.05, 0.1) is 17.9 Å². The summed E-state index contributed by atoms with van der Waals surface area (Å²) in [6.45, 7) is 5.31. The molecule has 6 atom stereocenters. The maximum absolute atomic E-state index is 13.4. The van der Waals surface area contributed by atoms with Crippen molar-refractivity contribution in [3.05, 3.63) is 28.2 Å². The molecule has 0 bridgehead atoms. The Morgan fingerprint density at radius 2 is 1.96 bits per heavy atom. The summed E-state index contributed by atoms with van der Waals surface area (Å²) >= 11 is 3.43. The van der Waals surface area contributed by atoms with Gasteiger partial charge >= 0.3 is 0 Å². The third kappa shape index (κ3) is 2.30. The molecule has 2 saturated heterocycles. The lowest BCUT2D eigenvalue weighted by Gasteiger charge is -2.31. The molecule has 0 aromatic heterocycles. The van der Waals surface area contributed by atoms with E-state index in [9.17, 15) is 19.5 Å². The van der Waals surface area contributed by atoms with Crippen molar-refractivity contribution in [2.45, 2.75) is 50.9 Å². The standard InChI is InChI=1S/C19H22BrN3O4/c1-4-8(2)23-16(25)13-14(17(23)26)19(22-15(13)9(3)24)11-7-10(20)5-6-12(11)21-18(19)27/h5-9,13-15,22,24H,4H2,1-3H3,(H,21,27)/t8-,9-,13+,14+,15-,19-/m1/s1. The molecule has 4 rings (SSSR count). The maximum atomic E-state index is 13.4. The Bertz CT molecular complexity index is 857. The highest BCUT2D eigenvalue weighted by Gasteiger charge is 2.71. The van der Waals surface area contributed by atoms with Crippen molar-refractivity contribution < 1.29 is 19.5 Å². The van der Waals surface area contributed by atoms with Gasteiger partial charge in [0.15, 0.2) is 0 Å². The Morgan fingerprint density at radius 1 is 1.26 bits per heavy atom. The molecule has 2 fully saturated rings. The van der Waals surface area contributed by atoms with E-state index < -0.39 is 29.5 Å². The van der Waals surface area contributed by atoms with Crippen molar-refractivity contribution >= 4 is 39.3 Å². The molecule has 8 heteroatoms. The van der Waals surface area contributed by atoms with E-state index >= 15 is 0 Å². The molecule has 3 aliphatic rings. The Balaban J connectivity index is 1.92. The number of anilines is 1. The maximum Gasteiger partial charge on any atom is 0.250 e. The summed E-state index contributed by atoms with van der Waals surface area (Å²) in [5, 5.41) is 16.4. The van der Waals surface area contributed by atoms with Gasteiger partial charge in [-0.3, -0.25) is 24.6 Å². The number of carbonyl (C=O) groups excluding carboxylic acids is 3. The first-order valence-corrected chi connectivity index (χ1v) is 9.97. The van der Waals surface area contributed by atoms with Crippen LogP contribution < -0.4 is 10.6 Å². The van der Waals surface area contributed by atoms with Gasteiger partial charge < -0.3 is 10.4 Å². The van der Waals surface area contributed by atoms with Crippen LogP contribution in [0.25, 0.3) is 0 Å². The Kier molecular flexibility index (Phi) is 4.21. The number of imide groups is 1. The summed E-state index contributed by atoms with van der Waals surface area (Å²) in [7, 11) is 0. The molecule has 0 unspecified atom stereocenters. The number of amides is 3. The molecule has 3 N–H and O–H groups in total. The van der Waals surface area contributed by atoms with Gasteiger partial charge in [0, 0.05) is 27.8 Å². The van der Waals surface area contributed by atoms with Crippen LogP contribution >= 0.6 is 15.9 Å². The number of rotatable bonds is 3. The molecule has 0 saturated carbocycles. The lowest BCUT2D eigenvalue weighted by atomic mass is 9.76. The van der Waals surface area contributed by atoms with Crippen LogP contribution in [0.15, 0.2) is 22.7 Å². The molecular formula is C19H22BrN3O4. The van der Waals surface area contributed by atoms with E-state index in [-0.39, 0.29) is 23.8 Å². The summed E-state index contributed by atoms with van der Waals surface area (Å²) in [6, 6.07) is 4.44. The fraction of sp³-hybridized carbons (Fsp3) is 0.526. The SMILES string of the molecule is CC[C@@H](C)N1C(=O)[C@@H]2[C@@H]([C@@H](C)O)N[C@@]3(C(=O)Nc4ccc(Br)cc43)[C@@H]2C1=O. The second-order valence-corrected chi connectivity index (χ2v) is 8.59. The van der Waals surface area contributed by atoms with Crippen LogP contribution in [-0.2, 0) is 19.9 Å². The van der Waals surface area contributed by atoms with Crippen molar-refractivity contribution in [1.82, 2.24) is 10.2 Å². The van der Waals surface area contributed by atoms with Crippen molar-refractivity contribution in [3.63, 3.8) is 0 Å². The van der Waals surface area contributed by atoms with Crippen LogP contribution in [0.4, 0.5) is 5.69 Å². The third-order valence-corrected chi connectivity index (χ3v) is 6.69. The summed E-state index contributed by atoms with van der Waals surface area (Å²) in [4.78, 5) is 40.9. The number of halogens is 1. The number of hydrogen-bond acceptors (Lipinski definition) is 5. The topological polar surface area (TPSA) is 98.7 Å². The summed E-state index contributed by atoms with van der Waals surface area (Å²) in [5.74, 6) is -2.68. The molecular weight excluding hydrogens is 414 g/mol.